The summed E-state index contributed by atoms with van der Waals surface area (Å²) in [6.07, 6.45) is -1.26. The number of carbonyl (C=O) groups is 2. The van der Waals surface area contributed by atoms with E-state index in [0.29, 0.717) is 5.56 Å². The van der Waals surface area contributed by atoms with Crippen LogP contribution >= 0.6 is 15.9 Å². The molecule has 1 unspecified atom stereocenters. The zero-order valence-electron chi connectivity index (χ0n) is 8.64. The molecule has 0 radical (unpaired) electrons. The summed E-state index contributed by atoms with van der Waals surface area (Å²) in [6, 6.07) is 6.81. The van der Waals surface area contributed by atoms with Gasteiger partial charge in [-0.15, -0.1) is 0 Å². The fraction of sp³-hybridized carbons (Fsp3) is 0.273. The van der Waals surface area contributed by atoms with Crippen LogP contribution < -0.4 is 0 Å². The third-order valence-corrected chi connectivity index (χ3v) is 2.57. The Morgan fingerprint density at radius 3 is 2.69 bits per heavy atom. The summed E-state index contributed by atoms with van der Waals surface area (Å²) < 4.78 is 5.48. The highest BCUT2D eigenvalue weighted by molar-refractivity contribution is 9.10. The molecule has 0 aliphatic rings. The molecule has 1 atom stereocenters. The van der Waals surface area contributed by atoms with Crippen LogP contribution in [-0.4, -0.2) is 30.1 Å². The van der Waals surface area contributed by atoms with Gasteiger partial charge in [-0.2, -0.15) is 0 Å². The molecule has 0 aromatic heterocycles. The van der Waals surface area contributed by atoms with Crippen LogP contribution in [0.25, 0.3) is 0 Å². The molecule has 0 aliphatic heterocycles. The first kappa shape index (κ1) is 12.9. The number of rotatable bonds is 5. The summed E-state index contributed by atoms with van der Waals surface area (Å²) >= 11 is 3.24. The normalized spacial score (nSPS) is 12.1. The predicted molar refractivity (Wildman–Crippen MR) is 61.5 cm³/mol. The van der Waals surface area contributed by atoms with E-state index in [9.17, 15) is 9.59 Å². The molecule has 0 spiro atoms. The van der Waals surface area contributed by atoms with E-state index in [1.807, 2.05) is 0 Å². The van der Waals surface area contributed by atoms with Crippen LogP contribution in [0, 0.1) is 0 Å². The minimum Gasteiger partial charge on any atom is -0.479 e. The lowest BCUT2D eigenvalue weighted by molar-refractivity contribution is -0.148. The third-order valence-electron chi connectivity index (χ3n) is 2.08. The van der Waals surface area contributed by atoms with E-state index in [2.05, 4.69) is 15.9 Å². The molecule has 0 fully saturated rings. The number of carbonyl (C=O) groups excluding carboxylic acids is 1. The number of Topliss-reactive ketones (excluding diaryl/α,β-unsaturated/α-hetero) is 1. The molecule has 0 amide bonds. The highest BCUT2D eigenvalue weighted by Crippen LogP contribution is 2.14. The number of halogens is 1. The van der Waals surface area contributed by atoms with Gasteiger partial charge in [-0.05, 0) is 12.1 Å². The van der Waals surface area contributed by atoms with Gasteiger partial charge in [0.2, 0.25) is 0 Å². The molecule has 1 N–H and O–H groups in total. The van der Waals surface area contributed by atoms with E-state index in [-0.39, 0.29) is 12.2 Å². The standard InChI is InChI=1S/C11H11BrO4/c1-16-10(11(14)15)6-9(13)7-3-2-4-8(12)5-7/h2-5,10H,6H2,1H3,(H,14,15). The molecule has 0 saturated heterocycles. The first-order valence-electron chi connectivity index (χ1n) is 4.59. The predicted octanol–water partition coefficient (Wildman–Crippen LogP) is 2.12. The van der Waals surface area contributed by atoms with Gasteiger partial charge < -0.3 is 9.84 Å². The molecule has 16 heavy (non-hydrogen) atoms. The summed E-state index contributed by atoms with van der Waals surface area (Å²) in [6.45, 7) is 0. The molecule has 4 nitrogen and oxygen atoms in total. The van der Waals surface area contributed by atoms with Gasteiger partial charge in [-0.25, -0.2) is 4.79 Å². The van der Waals surface area contributed by atoms with E-state index in [4.69, 9.17) is 9.84 Å². The van der Waals surface area contributed by atoms with Gasteiger partial charge in [0.05, 0.1) is 0 Å². The second kappa shape index (κ2) is 5.77. The lowest BCUT2D eigenvalue weighted by atomic mass is 10.1. The molecular weight excluding hydrogens is 276 g/mol. The highest BCUT2D eigenvalue weighted by atomic mass is 79.9. The molecule has 5 heteroatoms. The largest absolute Gasteiger partial charge is 0.479 e. The van der Waals surface area contributed by atoms with Crippen LogP contribution in [0.2, 0.25) is 0 Å². The molecule has 1 aromatic rings. The molecular formula is C11H11BrO4. The van der Waals surface area contributed by atoms with E-state index in [0.717, 1.165) is 4.47 Å². The van der Waals surface area contributed by atoms with E-state index in [1.54, 1.807) is 24.3 Å². The number of carboxylic acid groups (broad SMARTS) is 1. The van der Waals surface area contributed by atoms with Gasteiger partial charge in [0, 0.05) is 23.6 Å². The van der Waals surface area contributed by atoms with Crippen molar-refractivity contribution in [1.82, 2.24) is 0 Å². The molecule has 0 heterocycles. The Morgan fingerprint density at radius 2 is 2.19 bits per heavy atom. The zero-order valence-corrected chi connectivity index (χ0v) is 10.2. The number of hydrogen-bond acceptors (Lipinski definition) is 3. The average Bonchev–Trinajstić information content (AvgIpc) is 2.25. The molecule has 0 bridgehead atoms. The smallest absolute Gasteiger partial charge is 0.333 e. The minimum atomic E-state index is -1.13. The Labute approximate surface area is 101 Å². The van der Waals surface area contributed by atoms with Crippen molar-refractivity contribution in [3.05, 3.63) is 34.3 Å². The number of carboxylic acids is 1. The van der Waals surface area contributed by atoms with Crippen LogP contribution in [-0.2, 0) is 9.53 Å². The molecule has 86 valence electrons. The first-order valence-corrected chi connectivity index (χ1v) is 5.38. The summed E-state index contributed by atoms with van der Waals surface area (Å²) in [7, 11) is 1.27. The highest BCUT2D eigenvalue weighted by Gasteiger charge is 2.21. The first-order chi connectivity index (χ1) is 7.54. The summed E-state index contributed by atoms with van der Waals surface area (Å²) in [4.78, 5) is 22.4. The Morgan fingerprint density at radius 1 is 1.50 bits per heavy atom. The number of hydrogen-bond donors (Lipinski definition) is 1. The van der Waals surface area contributed by atoms with Crippen LogP contribution in [0.1, 0.15) is 16.8 Å². The van der Waals surface area contributed by atoms with Crippen molar-refractivity contribution in [1.29, 1.82) is 0 Å². The van der Waals surface area contributed by atoms with E-state index < -0.39 is 12.1 Å². The van der Waals surface area contributed by atoms with Crippen LogP contribution in [0.5, 0.6) is 0 Å². The third kappa shape index (κ3) is 3.43. The Balaban J connectivity index is 2.75. The van der Waals surface area contributed by atoms with Crippen molar-refractivity contribution in [3.8, 4) is 0 Å². The van der Waals surface area contributed by atoms with E-state index >= 15 is 0 Å². The average molecular weight is 287 g/mol. The topological polar surface area (TPSA) is 63.6 Å². The lowest BCUT2D eigenvalue weighted by Gasteiger charge is -2.09. The van der Waals surface area contributed by atoms with Crippen LogP contribution in [0.15, 0.2) is 28.7 Å². The minimum absolute atomic E-state index is 0.164. The number of methoxy groups -OCH3 is 1. The fourth-order valence-electron chi connectivity index (χ4n) is 1.22. The molecule has 1 rings (SSSR count). The SMILES string of the molecule is COC(CC(=O)c1cccc(Br)c1)C(=O)O. The maximum absolute atomic E-state index is 11.7. The summed E-state index contributed by atoms with van der Waals surface area (Å²) in [5.74, 6) is -1.39. The van der Waals surface area contributed by atoms with Crippen LogP contribution in [0.3, 0.4) is 0 Å². The molecule has 0 saturated carbocycles. The quantitative estimate of drug-likeness (QED) is 0.842. The van der Waals surface area contributed by atoms with Crippen molar-refractivity contribution in [2.24, 2.45) is 0 Å². The van der Waals surface area contributed by atoms with Gasteiger partial charge in [-0.1, -0.05) is 28.1 Å². The molecule has 1 aromatic carbocycles. The fourth-order valence-corrected chi connectivity index (χ4v) is 1.62. The lowest BCUT2D eigenvalue weighted by Crippen LogP contribution is -2.25. The van der Waals surface area contributed by atoms with Crippen molar-refractivity contribution >= 4 is 27.7 Å². The second-order valence-electron chi connectivity index (χ2n) is 3.20. The van der Waals surface area contributed by atoms with Crippen molar-refractivity contribution in [2.75, 3.05) is 7.11 Å². The van der Waals surface area contributed by atoms with Gasteiger partial charge in [0.1, 0.15) is 0 Å². The van der Waals surface area contributed by atoms with Crippen molar-refractivity contribution in [2.45, 2.75) is 12.5 Å². The van der Waals surface area contributed by atoms with Gasteiger partial charge in [0.25, 0.3) is 0 Å². The van der Waals surface area contributed by atoms with Crippen molar-refractivity contribution in [3.63, 3.8) is 0 Å². The Hall–Kier alpha value is -1.20. The summed E-state index contributed by atoms with van der Waals surface area (Å²) in [5.41, 5.74) is 0.470. The monoisotopic (exact) mass is 286 g/mol. The van der Waals surface area contributed by atoms with Gasteiger partial charge in [0.15, 0.2) is 11.9 Å². The zero-order chi connectivity index (χ0) is 12.1. The summed E-state index contributed by atoms with van der Waals surface area (Å²) in [5, 5.41) is 8.74. The van der Waals surface area contributed by atoms with E-state index in [1.165, 1.54) is 7.11 Å². The maximum atomic E-state index is 11.7. The van der Waals surface area contributed by atoms with Crippen molar-refractivity contribution < 1.29 is 19.4 Å². The number of aliphatic carboxylic acids is 1. The number of ether oxygens (including phenoxy) is 1. The Kier molecular flexibility index (Phi) is 4.64. The second-order valence-corrected chi connectivity index (χ2v) is 4.12. The van der Waals surface area contributed by atoms with Gasteiger partial charge >= 0.3 is 5.97 Å². The Bertz CT molecular complexity index is 403. The maximum Gasteiger partial charge on any atom is 0.333 e. The number of ketones is 1. The molecule has 0 aliphatic carbocycles. The van der Waals surface area contributed by atoms with Gasteiger partial charge in [-0.3, -0.25) is 4.79 Å². The van der Waals surface area contributed by atoms with Crippen LogP contribution in [0.4, 0.5) is 0 Å². The number of benzene rings is 1.